The summed E-state index contributed by atoms with van der Waals surface area (Å²) in [5.41, 5.74) is 2.51. The van der Waals surface area contributed by atoms with Crippen molar-refractivity contribution in [3.63, 3.8) is 0 Å². The second-order valence-corrected chi connectivity index (χ2v) is 17.2. The molecule has 4 fully saturated rings. The molecule has 4 heterocycles. The van der Waals surface area contributed by atoms with E-state index in [-0.39, 0.29) is 41.8 Å². The molecule has 2 saturated carbocycles. The fourth-order valence-corrected chi connectivity index (χ4v) is 11.7. The number of halogens is 1. The van der Waals surface area contributed by atoms with E-state index >= 15 is 4.79 Å². The van der Waals surface area contributed by atoms with Crippen LogP contribution in [0.1, 0.15) is 74.5 Å². The molecule has 9 rings (SSSR count). The number of thiophene rings is 1. The number of fused-ring (bicyclic) bond motifs is 5. The van der Waals surface area contributed by atoms with Crippen molar-refractivity contribution in [2.24, 2.45) is 36.1 Å². The topological polar surface area (TPSA) is 113 Å². The van der Waals surface area contributed by atoms with Crippen LogP contribution >= 0.6 is 22.9 Å². The lowest BCUT2D eigenvalue weighted by atomic mass is 9.51. The molecule has 3 aliphatic carbocycles. The van der Waals surface area contributed by atoms with Crippen LogP contribution in [-0.2, 0) is 26.2 Å². The SMILES string of the molecule is Cc1cccc(C2C3=CCC4C(=O)N(C5CCCCC5)C(=O)C4C3CC3C(=O)N(c4cc(-c5sc6ccc(Cl)cc6c5C)nn4C)C(=O)C32C)c1O. The van der Waals surface area contributed by atoms with E-state index in [1.165, 1.54) is 4.90 Å². The molecule has 0 bridgehead atoms. The number of allylic oxidation sites excluding steroid dienone is 2. The summed E-state index contributed by atoms with van der Waals surface area (Å²) in [5.74, 6) is -3.46. The molecule has 6 atom stereocenters. The lowest BCUT2D eigenvalue weighted by Gasteiger charge is -2.49. The number of aryl methyl sites for hydroxylation is 3. The summed E-state index contributed by atoms with van der Waals surface area (Å²) in [4.78, 5) is 62.1. The van der Waals surface area contributed by atoms with Crippen LogP contribution in [0, 0.1) is 42.9 Å². The Balaban J connectivity index is 1.15. The van der Waals surface area contributed by atoms with Crippen LogP contribution in [-0.4, -0.2) is 49.5 Å². The lowest BCUT2D eigenvalue weighted by Crippen LogP contribution is -2.49. The fraction of sp³-hybridized carbons (Fsp3) is 0.439. The zero-order valence-electron chi connectivity index (χ0n) is 29.7. The van der Waals surface area contributed by atoms with Crippen molar-refractivity contribution in [1.29, 1.82) is 0 Å². The lowest BCUT2D eigenvalue weighted by molar-refractivity contribution is -0.144. The number of phenols is 1. The number of nitrogens with zero attached hydrogens (tertiary/aromatic N) is 4. The van der Waals surface area contributed by atoms with Gasteiger partial charge in [0.2, 0.25) is 23.6 Å². The van der Waals surface area contributed by atoms with Crippen LogP contribution in [0.5, 0.6) is 5.75 Å². The van der Waals surface area contributed by atoms with Crippen LogP contribution in [0.15, 0.2) is 54.1 Å². The summed E-state index contributed by atoms with van der Waals surface area (Å²) in [6.45, 7) is 5.69. The Morgan fingerprint density at radius 3 is 2.50 bits per heavy atom. The normalized spacial score (nSPS) is 29.2. The number of imide groups is 2. The highest BCUT2D eigenvalue weighted by Crippen LogP contribution is 2.64. The summed E-state index contributed by atoms with van der Waals surface area (Å²) >= 11 is 7.90. The molecule has 52 heavy (non-hydrogen) atoms. The number of anilines is 1. The molecule has 0 spiro atoms. The molecule has 5 aliphatic rings. The molecule has 4 amide bonds. The summed E-state index contributed by atoms with van der Waals surface area (Å²) in [6.07, 6.45) is 7.47. The number of para-hydroxylation sites is 1. The third kappa shape index (κ3) is 4.55. The number of rotatable bonds is 4. The van der Waals surface area contributed by atoms with Gasteiger partial charge in [0.1, 0.15) is 17.3 Å². The number of phenolic OH excluding ortho intramolecular Hbond substituents is 1. The Kier molecular flexibility index (Phi) is 7.66. The Morgan fingerprint density at radius 2 is 1.73 bits per heavy atom. The van der Waals surface area contributed by atoms with Gasteiger partial charge in [-0.3, -0.25) is 28.8 Å². The van der Waals surface area contributed by atoms with Gasteiger partial charge < -0.3 is 5.11 Å². The number of aromatic hydroxyl groups is 1. The largest absolute Gasteiger partial charge is 0.507 e. The van der Waals surface area contributed by atoms with Gasteiger partial charge in [-0.05, 0) is 87.1 Å². The molecule has 0 radical (unpaired) electrons. The van der Waals surface area contributed by atoms with Crippen LogP contribution < -0.4 is 4.90 Å². The molecule has 1 N–H and O–H groups in total. The number of carbonyl (C=O) groups is 4. The van der Waals surface area contributed by atoms with Gasteiger partial charge in [0.05, 0.1) is 28.0 Å². The predicted molar refractivity (Wildman–Crippen MR) is 200 cm³/mol. The van der Waals surface area contributed by atoms with Crippen LogP contribution in [0.3, 0.4) is 0 Å². The van der Waals surface area contributed by atoms with Crippen molar-refractivity contribution in [1.82, 2.24) is 14.7 Å². The van der Waals surface area contributed by atoms with E-state index < -0.39 is 35.0 Å². The standard InChI is InChI=1S/C41H41ClN4O5S/c1-20-9-8-12-26(35(20)47)34-24-14-15-25-33(39(50)45(37(25)48)23-10-6-5-7-11-23)28(24)18-29-38(49)46(40(51)41(29,34)3)32-19-30(43-44(32)4)36-21(2)27-17-22(42)13-16-31(27)52-36/h8-9,12-14,16-17,19,23,25,28-29,33-34,47H,5-7,10-11,15,18H2,1-4H3. The van der Waals surface area contributed by atoms with E-state index in [1.54, 1.807) is 34.0 Å². The first-order chi connectivity index (χ1) is 24.9. The minimum absolute atomic E-state index is 0.0793. The first-order valence-corrected chi connectivity index (χ1v) is 19.6. The van der Waals surface area contributed by atoms with E-state index in [9.17, 15) is 19.5 Å². The van der Waals surface area contributed by atoms with Crippen molar-refractivity contribution >= 4 is 62.5 Å². The summed E-state index contributed by atoms with van der Waals surface area (Å²) in [7, 11) is 1.74. The molecule has 11 heteroatoms. The molecule has 268 valence electrons. The van der Waals surface area contributed by atoms with Gasteiger partial charge in [-0.2, -0.15) is 5.10 Å². The third-order valence-corrected chi connectivity index (χ3v) is 14.6. The quantitative estimate of drug-likeness (QED) is 0.169. The van der Waals surface area contributed by atoms with Gasteiger partial charge in [0, 0.05) is 40.4 Å². The molecule has 6 unspecified atom stereocenters. The molecule has 9 nitrogen and oxygen atoms in total. The van der Waals surface area contributed by atoms with Crippen molar-refractivity contribution < 1.29 is 24.3 Å². The second-order valence-electron chi connectivity index (χ2n) is 15.7. The second kappa shape index (κ2) is 11.9. The Morgan fingerprint density at radius 1 is 0.962 bits per heavy atom. The zero-order chi connectivity index (χ0) is 36.4. The number of carbonyl (C=O) groups excluding carboxylic acids is 4. The van der Waals surface area contributed by atoms with Crippen LogP contribution in [0.25, 0.3) is 20.7 Å². The van der Waals surface area contributed by atoms with Gasteiger partial charge in [0.15, 0.2) is 0 Å². The van der Waals surface area contributed by atoms with Gasteiger partial charge in [-0.15, -0.1) is 11.3 Å². The van der Waals surface area contributed by atoms with Crippen molar-refractivity contribution in [2.75, 3.05) is 4.90 Å². The summed E-state index contributed by atoms with van der Waals surface area (Å²) in [5, 5.41) is 18.1. The smallest absolute Gasteiger partial charge is 0.242 e. The number of amides is 4. The van der Waals surface area contributed by atoms with Gasteiger partial charge in [-0.25, -0.2) is 4.90 Å². The van der Waals surface area contributed by atoms with Crippen molar-refractivity contribution in [2.45, 2.75) is 77.7 Å². The number of aromatic nitrogens is 2. The van der Waals surface area contributed by atoms with Crippen LogP contribution in [0.2, 0.25) is 5.02 Å². The highest BCUT2D eigenvalue weighted by molar-refractivity contribution is 7.22. The maximum absolute atomic E-state index is 15.1. The molecule has 2 aromatic carbocycles. The highest BCUT2D eigenvalue weighted by atomic mass is 35.5. The molecule has 4 aromatic rings. The van der Waals surface area contributed by atoms with Gasteiger partial charge in [-0.1, -0.05) is 60.7 Å². The third-order valence-electron chi connectivity index (χ3n) is 13.0. The monoisotopic (exact) mass is 736 g/mol. The molecule has 2 saturated heterocycles. The number of hydrogen-bond acceptors (Lipinski definition) is 7. The molecular formula is C41H41ClN4O5S. The van der Waals surface area contributed by atoms with E-state index in [0.29, 0.717) is 34.1 Å². The average Bonchev–Trinajstić information content (AvgIpc) is 3.80. The molecular weight excluding hydrogens is 696 g/mol. The summed E-state index contributed by atoms with van der Waals surface area (Å²) in [6, 6.07) is 13.0. The first-order valence-electron chi connectivity index (χ1n) is 18.4. The highest BCUT2D eigenvalue weighted by Gasteiger charge is 2.68. The first kappa shape index (κ1) is 33.5. The Hall–Kier alpha value is -4.28. The maximum atomic E-state index is 15.1. The molecule has 2 aliphatic heterocycles. The maximum Gasteiger partial charge on any atom is 0.242 e. The Labute approximate surface area is 311 Å². The van der Waals surface area contributed by atoms with Gasteiger partial charge in [0.25, 0.3) is 0 Å². The Bertz CT molecular complexity index is 2270. The summed E-state index contributed by atoms with van der Waals surface area (Å²) < 4.78 is 2.65. The van der Waals surface area contributed by atoms with E-state index in [4.69, 9.17) is 16.7 Å². The van der Waals surface area contributed by atoms with Crippen molar-refractivity contribution in [3.8, 4) is 16.3 Å². The number of hydrogen-bond donors (Lipinski definition) is 1. The molecule has 2 aromatic heterocycles. The van der Waals surface area contributed by atoms with Crippen LogP contribution in [0.4, 0.5) is 5.82 Å². The van der Waals surface area contributed by atoms with E-state index in [2.05, 4.69) is 0 Å². The number of likely N-dealkylation sites (tertiary alicyclic amines) is 1. The minimum Gasteiger partial charge on any atom is -0.507 e. The predicted octanol–water partition coefficient (Wildman–Crippen LogP) is 7.84. The fourth-order valence-electron chi connectivity index (χ4n) is 10.4. The van der Waals surface area contributed by atoms with Crippen molar-refractivity contribution in [3.05, 3.63) is 75.8 Å². The number of benzene rings is 2. The zero-order valence-corrected chi connectivity index (χ0v) is 31.3. The van der Waals surface area contributed by atoms with E-state index in [0.717, 1.165) is 58.2 Å². The van der Waals surface area contributed by atoms with Gasteiger partial charge >= 0.3 is 0 Å². The average molecular weight is 737 g/mol. The minimum atomic E-state index is -1.26. The van der Waals surface area contributed by atoms with E-state index in [1.807, 2.05) is 63.2 Å².